The van der Waals surface area contributed by atoms with Crippen LogP contribution in [0.2, 0.25) is 0 Å². The Hall–Kier alpha value is -1.95. The Morgan fingerprint density at radius 1 is 1.50 bits per heavy atom. The van der Waals surface area contributed by atoms with E-state index in [1.807, 2.05) is 6.07 Å². The molecular formula is C12H12N2O3S. The number of rotatable bonds is 4. The summed E-state index contributed by atoms with van der Waals surface area (Å²) in [7, 11) is 1.33. The first-order valence-electron chi connectivity index (χ1n) is 5.19. The Morgan fingerprint density at radius 2 is 2.33 bits per heavy atom. The van der Waals surface area contributed by atoms with Crippen molar-refractivity contribution in [3.63, 3.8) is 0 Å². The molecule has 0 amide bonds. The smallest absolute Gasteiger partial charge is 0.374 e. The third kappa shape index (κ3) is 2.84. The van der Waals surface area contributed by atoms with E-state index in [2.05, 4.69) is 9.72 Å². The largest absolute Gasteiger partial charge is 0.463 e. The minimum Gasteiger partial charge on any atom is -0.463 e. The van der Waals surface area contributed by atoms with Crippen molar-refractivity contribution in [3.8, 4) is 0 Å². The first kappa shape index (κ1) is 12.5. The molecule has 6 heteroatoms. The van der Waals surface area contributed by atoms with Gasteiger partial charge in [0, 0.05) is 22.4 Å². The number of aromatic nitrogens is 1. The maximum Gasteiger partial charge on any atom is 0.374 e. The van der Waals surface area contributed by atoms with E-state index in [4.69, 9.17) is 10.2 Å². The number of nitrogen functional groups attached to an aromatic ring is 1. The van der Waals surface area contributed by atoms with Gasteiger partial charge in [0.15, 0.2) is 0 Å². The lowest BCUT2D eigenvalue weighted by Gasteiger charge is -2.02. The molecule has 94 valence electrons. The van der Waals surface area contributed by atoms with Crippen molar-refractivity contribution >= 4 is 23.5 Å². The van der Waals surface area contributed by atoms with Crippen LogP contribution in [0.25, 0.3) is 0 Å². The molecular weight excluding hydrogens is 252 g/mol. The average molecular weight is 264 g/mol. The van der Waals surface area contributed by atoms with Crippen LogP contribution < -0.4 is 5.73 Å². The monoisotopic (exact) mass is 264 g/mol. The van der Waals surface area contributed by atoms with Crippen LogP contribution in [-0.2, 0) is 10.5 Å². The van der Waals surface area contributed by atoms with Crippen LogP contribution >= 0.6 is 11.8 Å². The van der Waals surface area contributed by atoms with E-state index in [1.165, 1.54) is 13.4 Å². The molecule has 0 aliphatic carbocycles. The molecule has 2 aromatic rings. The zero-order valence-corrected chi connectivity index (χ0v) is 10.6. The maximum absolute atomic E-state index is 11.4. The zero-order valence-electron chi connectivity index (χ0n) is 9.75. The number of hydrogen-bond donors (Lipinski definition) is 1. The summed E-state index contributed by atoms with van der Waals surface area (Å²) in [6, 6.07) is 5.37. The van der Waals surface area contributed by atoms with Crippen LogP contribution in [0.3, 0.4) is 0 Å². The van der Waals surface area contributed by atoms with Crippen molar-refractivity contribution in [3.05, 3.63) is 42.0 Å². The fourth-order valence-corrected chi connectivity index (χ4v) is 2.20. The summed E-state index contributed by atoms with van der Waals surface area (Å²) >= 11 is 1.54. The van der Waals surface area contributed by atoms with E-state index < -0.39 is 5.97 Å². The topological polar surface area (TPSA) is 78.3 Å². The first-order chi connectivity index (χ1) is 8.70. The lowest BCUT2D eigenvalue weighted by atomic mass is 10.3. The number of ether oxygens (including phenoxy) is 1. The van der Waals surface area contributed by atoms with Crippen LogP contribution in [0.5, 0.6) is 0 Å². The fourth-order valence-electron chi connectivity index (χ4n) is 1.36. The van der Waals surface area contributed by atoms with Crippen molar-refractivity contribution in [2.24, 2.45) is 0 Å². The van der Waals surface area contributed by atoms with E-state index >= 15 is 0 Å². The molecule has 2 aromatic heterocycles. The van der Waals surface area contributed by atoms with Gasteiger partial charge in [-0.05, 0) is 18.2 Å². The average Bonchev–Trinajstić information content (AvgIpc) is 2.85. The van der Waals surface area contributed by atoms with E-state index in [0.29, 0.717) is 11.6 Å². The number of carbonyl (C=O) groups excluding carboxylic acids is 1. The number of methoxy groups -OCH3 is 1. The minimum absolute atomic E-state index is 0.244. The molecule has 0 aliphatic rings. The van der Waals surface area contributed by atoms with Crippen molar-refractivity contribution < 1.29 is 13.9 Å². The van der Waals surface area contributed by atoms with Gasteiger partial charge in [-0.15, -0.1) is 11.8 Å². The number of nitrogens with zero attached hydrogens (tertiary/aromatic N) is 1. The van der Waals surface area contributed by atoms with Gasteiger partial charge in [0.2, 0.25) is 5.76 Å². The van der Waals surface area contributed by atoms with Crippen LogP contribution in [0.15, 0.2) is 40.0 Å². The van der Waals surface area contributed by atoms with Crippen molar-refractivity contribution in [2.75, 3.05) is 12.8 Å². The first-order valence-corrected chi connectivity index (χ1v) is 6.18. The summed E-state index contributed by atoms with van der Waals surface area (Å²) in [4.78, 5) is 16.4. The summed E-state index contributed by atoms with van der Waals surface area (Å²) < 4.78 is 9.73. The highest BCUT2D eigenvalue weighted by molar-refractivity contribution is 7.98. The van der Waals surface area contributed by atoms with Crippen molar-refractivity contribution in [1.82, 2.24) is 4.98 Å². The Labute approximate surface area is 108 Å². The van der Waals surface area contributed by atoms with E-state index in [1.54, 1.807) is 30.1 Å². The molecule has 0 aliphatic heterocycles. The molecule has 0 radical (unpaired) electrons. The van der Waals surface area contributed by atoms with E-state index in [9.17, 15) is 4.79 Å². The van der Waals surface area contributed by atoms with Gasteiger partial charge in [-0.25, -0.2) is 9.78 Å². The molecule has 0 saturated carbocycles. The number of esters is 1. The third-order valence-corrected chi connectivity index (χ3v) is 3.30. The van der Waals surface area contributed by atoms with Gasteiger partial charge in [-0.2, -0.15) is 0 Å². The molecule has 0 unspecified atom stereocenters. The lowest BCUT2D eigenvalue weighted by Crippen LogP contribution is -2.02. The molecule has 0 aromatic carbocycles. The van der Waals surface area contributed by atoms with Crippen LogP contribution in [0, 0.1) is 0 Å². The van der Waals surface area contributed by atoms with Gasteiger partial charge < -0.3 is 14.9 Å². The standard InChI is InChI=1S/C12H12N2O3S/c1-16-12(15)11-8(4-5-17-11)7-18-9-2-3-10(13)14-6-9/h2-6H,7H2,1H3,(H2,13,14). The van der Waals surface area contributed by atoms with Gasteiger partial charge in [0.1, 0.15) is 5.82 Å². The molecule has 0 saturated heterocycles. The minimum atomic E-state index is -0.467. The zero-order chi connectivity index (χ0) is 13.0. The maximum atomic E-state index is 11.4. The number of nitrogens with two attached hydrogens (primary N) is 1. The normalized spacial score (nSPS) is 10.3. The molecule has 0 spiro atoms. The molecule has 5 nitrogen and oxygen atoms in total. The highest BCUT2D eigenvalue weighted by Crippen LogP contribution is 2.25. The van der Waals surface area contributed by atoms with Crippen LogP contribution in [0.1, 0.15) is 16.1 Å². The predicted molar refractivity (Wildman–Crippen MR) is 68.3 cm³/mol. The quantitative estimate of drug-likeness (QED) is 0.674. The summed E-state index contributed by atoms with van der Waals surface area (Å²) in [5, 5.41) is 0. The Kier molecular flexibility index (Phi) is 3.88. The highest BCUT2D eigenvalue weighted by atomic mass is 32.2. The Morgan fingerprint density at radius 3 is 3.00 bits per heavy atom. The number of thioether (sulfide) groups is 1. The lowest BCUT2D eigenvalue weighted by molar-refractivity contribution is 0.0564. The van der Waals surface area contributed by atoms with Gasteiger partial charge in [-0.3, -0.25) is 0 Å². The van der Waals surface area contributed by atoms with Crippen LogP contribution in [-0.4, -0.2) is 18.1 Å². The van der Waals surface area contributed by atoms with E-state index in [-0.39, 0.29) is 5.76 Å². The molecule has 0 bridgehead atoms. The SMILES string of the molecule is COC(=O)c1occc1CSc1ccc(N)nc1. The second-order valence-corrected chi connectivity index (χ2v) is 4.52. The molecule has 2 heterocycles. The van der Waals surface area contributed by atoms with Crippen molar-refractivity contribution in [1.29, 1.82) is 0 Å². The van der Waals surface area contributed by atoms with Gasteiger partial charge in [0.25, 0.3) is 0 Å². The molecule has 2 N–H and O–H groups in total. The molecule has 18 heavy (non-hydrogen) atoms. The van der Waals surface area contributed by atoms with Crippen molar-refractivity contribution in [2.45, 2.75) is 10.6 Å². The molecule has 2 rings (SSSR count). The predicted octanol–water partition coefficient (Wildman–Crippen LogP) is 2.34. The van der Waals surface area contributed by atoms with E-state index in [0.717, 1.165) is 10.5 Å². The second-order valence-electron chi connectivity index (χ2n) is 3.47. The van der Waals surface area contributed by atoms with Gasteiger partial charge in [0.05, 0.1) is 13.4 Å². The second kappa shape index (κ2) is 5.59. The fraction of sp³-hybridized carbons (Fsp3) is 0.167. The number of pyridine rings is 1. The molecule has 0 fully saturated rings. The highest BCUT2D eigenvalue weighted by Gasteiger charge is 2.15. The summed E-state index contributed by atoms with van der Waals surface area (Å²) in [6.07, 6.45) is 3.17. The number of carbonyl (C=O) groups is 1. The number of furan rings is 1. The summed E-state index contributed by atoms with van der Waals surface area (Å²) in [5.41, 5.74) is 6.30. The summed E-state index contributed by atoms with van der Waals surface area (Å²) in [5.74, 6) is 0.865. The Balaban J connectivity index is 2.04. The third-order valence-electron chi connectivity index (χ3n) is 2.27. The summed E-state index contributed by atoms with van der Waals surface area (Å²) in [6.45, 7) is 0. The number of hydrogen-bond acceptors (Lipinski definition) is 6. The Bertz CT molecular complexity index is 537. The van der Waals surface area contributed by atoms with Gasteiger partial charge in [-0.1, -0.05) is 0 Å². The molecule has 0 atom stereocenters. The number of anilines is 1. The van der Waals surface area contributed by atoms with Crippen LogP contribution in [0.4, 0.5) is 5.82 Å². The van der Waals surface area contributed by atoms with Gasteiger partial charge >= 0.3 is 5.97 Å².